The third kappa shape index (κ3) is 7.81. The van der Waals surface area contributed by atoms with Gasteiger partial charge in [-0.1, -0.05) is 41.4 Å². The highest BCUT2D eigenvalue weighted by molar-refractivity contribution is 6.39. The van der Waals surface area contributed by atoms with E-state index in [1.807, 2.05) is 29.8 Å². The first-order valence-electron chi connectivity index (χ1n) is 17.9. The number of ether oxygens (including phenoxy) is 1. The summed E-state index contributed by atoms with van der Waals surface area (Å²) >= 11 is 14.0. The number of hydrogen-bond donors (Lipinski definition) is 4. The third-order valence-corrected chi connectivity index (χ3v) is 11.3. The SMILES string of the molecule is COc1nc(-c2ccnc(-c3cccc(NC(=O)c4nc5c(n4C)CCN(C[C@H]4CC[C@@H](O)CC4)C5)c3Cl)c2Cl)ccc1CNC[C@H]1CCC(=O)N1. The van der Waals surface area contributed by atoms with Crippen LogP contribution >= 0.6 is 23.2 Å². The lowest BCUT2D eigenvalue weighted by atomic mass is 9.87. The van der Waals surface area contributed by atoms with Gasteiger partial charge in [0.05, 0.1) is 46.0 Å². The molecular formula is C38H44Cl2N8O4. The van der Waals surface area contributed by atoms with Crippen molar-refractivity contribution in [2.24, 2.45) is 13.0 Å². The molecule has 0 unspecified atom stereocenters. The van der Waals surface area contributed by atoms with Crippen LogP contribution in [-0.2, 0) is 31.4 Å². The fourth-order valence-electron chi connectivity index (χ4n) is 7.59. The molecule has 7 rings (SSSR count). The Labute approximate surface area is 313 Å². The van der Waals surface area contributed by atoms with Crippen LogP contribution in [0.3, 0.4) is 0 Å². The molecule has 0 radical (unpaired) electrons. The van der Waals surface area contributed by atoms with Crippen LogP contribution in [0.4, 0.5) is 5.69 Å². The molecule has 1 atom stereocenters. The van der Waals surface area contributed by atoms with Crippen molar-refractivity contribution in [1.29, 1.82) is 0 Å². The van der Waals surface area contributed by atoms with Crippen LogP contribution in [0, 0.1) is 5.92 Å². The minimum atomic E-state index is -0.351. The average Bonchev–Trinajstić information content (AvgIpc) is 3.72. The molecule has 1 aliphatic carbocycles. The number of aliphatic hydroxyl groups is 1. The lowest BCUT2D eigenvalue weighted by Gasteiger charge is -2.33. The summed E-state index contributed by atoms with van der Waals surface area (Å²) in [5.74, 6) is 1.11. The highest BCUT2D eigenvalue weighted by Crippen LogP contribution is 2.40. The van der Waals surface area contributed by atoms with Gasteiger partial charge in [-0.3, -0.25) is 19.5 Å². The van der Waals surface area contributed by atoms with Crippen LogP contribution in [0.25, 0.3) is 22.5 Å². The molecule has 2 fully saturated rings. The zero-order valence-corrected chi connectivity index (χ0v) is 30.9. The number of hydrogen-bond acceptors (Lipinski definition) is 9. The van der Waals surface area contributed by atoms with Gasteiger partial charge < -0.3 is 30.4 Å². The molecule has 1 saturated heterocycles. The van der Waals surface area contributed by atoms with Crippen molar-refractivity contribution in [1.82, 2.24) is 35.1 Å². The first kappa shape index (κ1) is 36.3. The predicted octanol–water partition coefficient (Wildman–Crippen LogP) is 5.39. The van der Waals surface area contributed by atoms with Crippen LogP contribution in [0.1, 0.15) is 66.1 Å². The van der Waals surface area contributed by atoms with Gasteiger partial charge >= 0.3 is 0 Å². The van der Waals surface area contributed by atoms with Crippen LogP contribution in [0.2, 0.25) is 10.0 Å². The van der Waals surface area contributed by atoms with Gasteiger partial charge in [0.2, 0.25) is 11.8 Å². The number of amides is 2. The second-order valence-electron chi connectivity index (χ2n) is 14.0. The molecule has 4 N–H and O–H groups in total. The predicted molar refractivity (Wildman–Crippen MR) is 200 cm³/mol. The standard InChI is InChI=1S/C38H44Cl2N8O4/c1-47-31-15-17-48(20-22-6-10-25(49)11-7-22)21-30(31)44-36(47)37(51)45-29-5-3-4-27(33(29)39)35-34(40)26(14-16-42-35)28-12-8-23(38(46-28)52-2)18-41-19-24-9-13-32(50)43-24/h3-5,8,12,14,16,22,24-25,41,49H,6-7,9-11,13,15,17-21H2,1-2H3,(H,43,50)(H,45,51)/t22-,24-,25+/m1/s1. The number of rotatable bonds is 11. The van der Waals surface area contributed by atoms with E-state index in [-0.39, 0.29) is 24.0 Å². The van der Waals surface area contributed by atoms with E-state index in [1.54, 1.807) is 31.5 Å². The summed E-state index contributed by atoms with van der Waals surface area (Å²) in [5.41, 5.74) is 5.55. The fraction of sp³-hybridized carbons (Fsp3) is 0.447. The van der Waals surface area contributed by atoms with E-state index in [9.17, 15) is 14.7 Å². The summed E-state index contributed by atoms with van der Waals surface area (Å²) in [6, 6.07) is 11.1. The molecule has 2 amide bonds. The van der Waals surface area contributed by atoms with Crippen molar-refractivity contribution < 1.29 is 19.4 Å². The monoisotopic (exact) mass is 746 g/mol. The maximum Gasteiger partial charge on any atom is 0.291 e. The Morgan fingerprint density at radius 3 is 2.63 bits per heavy atom. The molecule has 1 saturated carbocycles. The van der Waals surface area contributed by atoms with Crippen molar-refractivity contribution in [3.05, 3.63) is 75.4 Å². The molecule has 2 aliphatic heterocycles. The summed E-state index contributed by atoms with van der Waals surface area (Å²) < 4.78 is 7.51. The number of carbonyl (C=O) groups is 2. The van der Waals surface area contributed by atoms with Gasteiger partial charge in [-0.15, -0.1) is 0 Å². The molecule has 274 valence electrons. The quantitative estimate of drug-likeness (QED) is 0.159. The Bertz CT molecular complexity index is 1960. The normalized spacial score (nSPS) is 20.4. The van der Waals surface area contributed by atoms with Crippen LogP contribution < -0.4 is 20.7 Å². The van der Waals surface area contributed by atoms with Gasteiger partial charge in [0, 0.05) is 87.2 Å². The smallest absolute Gasteiger partial charge is 0.291 e. The lowest BCUT2D eigenvalue weighted by Crippen LogP contribution is -2.36. The van der Waals surface area contributed by atoms with E-state index < -0.39 is 0 Å². The van der Waals surface area contributed by atoms with E-state index >= 15 is 0 Å². The number of aliphatic hydroxyl groups excluding tert-OH is 1. The average molecular weight is 748 g/mol. The molecule has 4 aromatic rings. The molecule has 14 heteroatoms. The Hall–Kier alpha value is -4.07. The van der Waals surface area contributed by atoms with Crippen molar-refractivity contribution in [2.75, 3.05) is 32.1 Å². The second-order valence-corrected chi connectivity index (χ2v) is 14.7. The number of fused-ring (bicyclic) bond motifs is 1. The zero-order valence-electron chi connectivity index (χ0n) is 29.4. The zero-order chi connectivity index (χ0) is 36.4. The number of methoxy groups -OCH3 is 1. The van der Waals surface area contributed by atoms with Crippen molar-refractivity contribution in [3.63, 3.8) is 0 Å². The lowest BCUT2D eigenvalue weighted by molar-refractivity contribution is -0.119. The van der Waals surface area contributed by atoms with E-state index in [0.717, 1.165) is 68.6 Å². The van der Waals surface area contributed by atoms with Gasteiger partial charge in [0.1, 0.15) is 0 Å². The Morgan fingerprint density at radius 2 is 1.87 bits per heavy atom. The Kier molecular flexibility index (Phi) is 11.1. The topological polar surface area (TPSA) is 147 Å². The van der Waals surface area contributed by atoms with E-state index in [2.05, 4.69) is 25.8 Å². The molecule has 0 bridgehead atoms. The maximum atomic E-state index is 13.6. The number of carbonyl (C=O) groups excluding carboxylic acids is 2. The molecule has 0 spiro atoms. The number of anilines is 1. The molecule has 1 aromatic carbocycles. The first-order chi connectivity index (χ1) is 25.2. The van der Waals surface area contributed by atoms with Crippen LogP contribution in [-0.4, -0.2) is 80.2 Å². The first-order valence-corrected chi connectivity index (χ1v) is 18.7. The number of pyridine rings is 2. The van der Waals surface area contributed by atoms with Crippen molar-refractivity contribution in [2.45, 2.75) is 70.2 Å². The van der Waals surface area contributed by atoms with Gasteiger partial charge in [-0.25, -0.2) is 9.97 Å². The minimum Gasteiger partial charge on any atom is -0.481 e. The Morgan fingerprint density at radius 1 is 1.04 bits per heavy atom. The summed E-state index contributed by atoms with van der Waals surface area (Å²) in [6.07, 6.45) is 7.54. The molecule has 3 aliphatic rings. The largest absolute Gasteiger partial charge is 0.481 e. The number of benzene rings is 1. The number of aromatic nitrogens is 4. The van der Waals surface area contributed by atoms with Gasteiger partial charge in [-0.2, -0.15) is 0 Å². The molecule has 5 heterocycles. The van der Waals surface area contributed by atoms with Gasteiger partial charge in [-0.05, 0) is 56.2 Å². The number of nitrogens with one attached hydrogen (secondary N) is 3. The molecule has 52 heavy (non-hydrogen) atoms. The summed E-state index contributed by atoms with van der Waals surface area (Å²) in [7, 11) is 3.46. The van der Waals surface area contributed by atoms with Crippen LogP contribution in [0.15, 0.2) is 42.6 Å². The van der Waals surface area contributed by atoms with Gasteiger partial charge in [0.15, 0.2) is 5.82 Å². The highest BCUT2D eigenvalue weighted by Gasteiger charge is 2.29. The minimum absolute atomic E-state index is 0.0880. The fourth-order valence-corrected chi connectivity index (χ4v) is 8.17. The molecule has 12 nitrogen and oxygen atoms in total. The van der Waals surface area contributed by atoms with E-state index in [4.69, 9.17) is 37.9 Å². The molecule has 3 aromatic heterocycles. The summed E-state index contributed by atoms with van der Waals surface area (Å²) in [5, 5.41) is 19.9. The van der Waals surface area contributed by atoms with E-state index in [1.165, 1.54) is 0 Å². The van der Waals surface area contributed by atoms with E-state index in [0.29, 0.717) is 81.9 Å². The second kappa shape index (κ2) is 15.9. The summed E-state index contributed by atoms with van der Waals surface area (Å²) in [6.45, 7) is 3.79. The van der Waals surface area contributed by atoms with Crippen LogP contribution in [0.5, 0.6) is 5.88 Å². The van der Waals surface area contributed by atoms with Crippen molar-refractivity contribution >= 4 is 40.7 Å². The highest BCUT2D eigenvalue weighted by atomic mass is 35.5. The third-order valence-electron chi connectivity index (χ3n) is 10.5. The number of imidazole rings is 1. The maximum absolute atomic E-state index is 13.6. The number of halogens is 2. The Balaban J connectivity index is 1.05. The molecular weight excluding hydrogens is 703 g/mol. The number of nitrogens with zero attached hydrogens (tertiary/aromatic N) is 5. The summed E-state index contributed by atoms with van der Waals surface area (Å²) in [4.78, 5) is 41.7. The van der Waals surface area contributed by atoms with Crippen molar-refractivity contribution in [3.8, 4) is 28.4 Å². The van der Waals surface area contributed by atoms with Gasteiger partial charge in [0.25, 0.3) is 5.91 Å².